The van der Waals surface area contributed by atoms with Crippen molar-refractivity contribution in [1.29, 1.82) is 0 Å². The van der Waals surface area contributed by atoms with Gasteiger partial charge in [-0.25, -0.2) is 13.2 Å². The quantitative estimate of drug-likeness (QED) is 0.387. The van der Waals surface area contributed by atoms with E-state index in [1.165, 1.54) is 19.1 Å². The number of anilines is 3. The van der Waals surface area contributed by atoms with Crippen molar-refractivity contribution in [3.63, 3.8) is 0 Å². The number of hydrogen-bond donors (Lipinski definition) is 4. The van der Waals surface area contributed by atoms with Gasteiger partial charge in [0.2, 0.25) is 5.91 Å². The van der Waals surface area contributed by atoms with Crippen molar-refractivity contribution in [3.05, 3.63) is 48.0 Å². The maximum absolute atomic E-state index is 13.3. The molecule has 2 aliphatic heterocycles. The number of aliphatic carboxylic acids is 1. The molecular formula is C27H34F3N5O6S. The second-order valence-corrected chi connectivity index (χ2v) is 11.5. The zero-order chi connectivity index (χ0) is 30.9. The number of piperazine rings is 1. The van der Waals surface area contributed by atoms with Gasteiger partial charge < -0.3 is 25.5 Å². The third-order valence-corrected chi connectivity index (χ3v) is 7.95. The molecule has 4 rings (SSSR count). The number of hydrogen-bond acceptors (Lipinski definition) is 7. The molecule has 42 heavy (non-hydrogen) atoms. The lowest BCUT2D eigenvalue weighted by Gasteiger charge is -2.31. The van der Waals surface area contributed by atoms with E-state index in [4.69, 9.17) is 9.90 Å². The maximum atomic E-state index is 13.3. The van der Waals surface area contributed by atoms with Crippen LogP contribution in [0.3, 0.4) is 0 Å². The number of sulfonamides is 1. The molecule has 2 aliphatic rings. The molecule has 15 heteroatoms. The molecule has 0 bridgehead atoms. The third kappa shape index (κ3) is 9.34. The predicted molar refractivity (Wildman–Crippen MR) is 151 cm³/mol. The Kier molecular flexibility index (Phi) is 11.2. The van der Waals surface area contributed by atoms with Gasteiger partial charge in [0, 0.05) is 57.4 Å². The maximum Gasteiger partial charge on any atom is 0.490 e. The minimum atomic E-state index is -5.08. The van der Waals surface area contributed by atoms with Gasteiger partial charge in [0.1, 0.15) is 0 Å². The molecule has 2 saturated heterocycles. The molecule has 2 heterocycles. The van der Waals surface area contributed by atoms with Gasteiger partial charge >= 0.3 is 12.1 Å². The number of rotatable bonds is 6. The first-order valence-electron chi connectivity index (χ1n) is 13.4. The molecule has 0 unspecified atom stereocenters. The molecule has 11 nitrogen and oxygen atoms in total. The van der Waals surface area contributed by atoms with Gasteiger partial charge in [-0.2, -0.15) is 13.2 Å². The highest BCUT2D eigenvalue weighted by Crippen LogP contribution is 2.31. The van der Waals surface area contributed by atoms with Crippen LogP contribution >= 0.6 is 0 Å². The molecule has 0 aliphatic carbocycles. The number of alkyl halides is 3. The number of carbonyl (C=O) groups excluding carboxylic acids is 2. The van der Waals surface area contributed by atoms with Crippen molar-refractivity contribution in [3.8, 4) is 0 Å². The number of likely N-dealkylation sites (tertiary alicyclic amines) is 1. The van der Waals surface area contributed by atoms with Crippen molar-refractivity contribution >= 4 is 44.9 Å². The van der Waals surface area contributed by atoms with E-state index in [9.17, 15) is 31.2 Å². The molecule has 0 saturated carbocycles. The van der Waals surface area contributed by atoms with E-state index >= 15 is 0 Å². The zero-order valence-corrected chi connectivity index (χ0v) is 23.9. The van der Waals surface area contributed by atoms with Gasteiger partial charge in [-0.05, 0) is 55.3 Å². The zero-order valence-electron chi connectivity index (χ0n) is 23.0. The summed E-state index contributed by atoms with van der Waals surface area (Å²) in [6.45, 7) is 5.90. The molecule has 0 radical (unpaired) electrons. The summed E-state index contributed by atoms with van der Waals surface area (Å²) in [7, 11) is -3.92. The highest BCUT2D eigenvalue weighted by molar-refractivity contribution is 7.92. The average molecular weight is 614 g/mol. The molecule has 230 valence electrons. The summed E-state index contributed by atoms with van der Waals surface area (Å²) in [6, 6.07) is 11.3. The number of amides is 2. The van der Waals surface area contributed by atoms with Crippen LogP contribution < -0.4 is 20.3 Å². The Morgan fingerprint density at radius 1 is 0.905 bits per heavy atom. The fourth-order valence-electron chi connectivity index (χ4n) is 4.51. The van der Waals surface area contributed by atoms with Gasteiger partial charge in [-0.3, -0.25) is 14.3 Å². The Morgan fingerprint density at radius 3 is 2.00 bits per heavy atom. The first-order valence-corrected chi connectivity index (χ1v) is 14.9. The molecule has 2 aromatic carbocycles. The standard InChI is InChI=1S/C25H33N5O4S.C2HF3O2/c1-19(31)27-21-7-9-22(10-8-21)35(33,34)28-23-18-20(25(32)30-14-4-2-3-5-15-30)6-11-24(23)29-16-12-26-13-17-29;3-2(4,5)1(6)7/h6-11,18,26,28H,2-5,12-17H2,1H3,(H,27,31);(H,6,7). The normalized spacial score (nSPS) is 16.0. The van der Waals surface area contributed by atoms with E-state index < -0.39 is 22.2 Å². The summed E-state index contributed by atoms with van der Waals surface area (Å²) in [4.78, 5) is 37.5. The Balaban J connectivity index is 0.000000616. The van der Waals surface area contributed by atoms with Gasteiger partial charge in [-0.15, -0.1) is 0 Å². The minimum absolute atomic E-state index is 0.0705. The summed E-state index contributed by atoms with van der Waals surface area (Å²) >= 11 is 0. The number of nitrogens with zero attached hydrogens (tertiary/aromatic N) is 2. The lowest BCUT2D eigenvalue weighted by atomic mass is 10.1. The first-order chi connectivity index (χ1) is 19.8. The van der Waals surface area contributed by atoms with Gasteiger partial charge in [0.25, 0.3) is 15.9 Å². The van der Waals surface area contributed by atoms with Crippen LogP contribution in [0.5, 0.6) is 0 Å². The van der Waals surface area contributed by atoms with Crippen LogP contribution in [-0.4, -0.2) is 81.7 Å². The third-order valence-electron chi connectivity index (χ3n) is 6.57. The molecular weight excluding hydrogens is 579 g/mol. The van der Waals surface area contributed by atoms with Crippen LogP contribution in [0.1, 0.15) is 43.0 Å². The average Bonchev–Trinajstić information content (AvgIpc) is 3.22. The van der Waals surface area contributed by atoms with Crippen LogP contribution in [-0.2, 0) is 19.6 Å². The second-order valence-electron chi connectivity index (χ2n) is 9.79. The van der Waals surface area contributed by atoms with E-state index in [0.717, 1.165) is 70.6 Å². The van der Waals surface area contributed by atoms with E-state index in [2.05, 4.69) is 20.3 Å². The molecule has 2 fully saturated rings. The number of carboxylic acids is 1. The van der Waals surface area contributed by atoms with E-state index in [0.29, 0.717) is 16.9 Å². The lowest BCUT2D eigenvalue weighted by molar-refractivity contribution is -0.192. The van der Waals surface area contributed by atoms with Crippen LogP contribution in [0, 0.1) is 0 Å². The van der Waals surface area contributed by atoms with Crippen LogP contribution in [0.25, 0.3) is 0 Å². The lowest BCUT2D eigenvalue weighted by Crippen LogP contribution is -2.43. The Hall–Kier alpha value is -3.85. The van der Waals surface area contributed by atoms with Crippen molar-refractivity contribution in [2.75, 3.05) is 54.2 Å². The fourth-order valence-corrected chi connectivity index (χ4v) is 5.58. The van der Waals surface area contributed by atoms with Crippen LogP contribution in [0.2, 0.25) is 0 Å². The van der Waals surface area contributed by atoms with Crippen LogP contribution in [0.4, 0.5) is 30.2 Å². The smallest absolute Gasteiger partial charge is 0.475 e. The predicted octanol–water partition coefficient (Wildman–Crippen LogP) is 3.50. The fraction of sp³-hybridized carbons (Fsp3) is 0.444. The summed E-state index contributed by atoms with van der Waals surface area (Å²) in [5.74, 6) is -3.06. The Morgan fingerprint density at radius 2 is 1.48 bits per heavy atom. The van der Waals surface area contributed by atoms with Crippen molar-refractivity contribution in [2.24, 2.45) is 0 Å². The minimum Gasteiger partial charge on any atom is -0.475 e. The molecule has 0 atom stereocenters. The van der Waals surface area contributed by atoms with Gasteiger partial charge in [0.15, 0.2) is 0 Å². The van der Waals surface area contributed by atoms with Crippen LogP contribution in [0.15, 0.2) is 47.4 Å². The molecule has 2 amide bonds. The van der Waals surface area contributed by atoms with E-state index in [-0.39, 0.29) is 16.7 Å². The van der Waals surface area contributed by atoms with E-state index in [1.54, 1.807) is 24.3 Å². The summed E-state index contributed by atoms with van der Waals surface area (Å²) < 4.78 is 61.0. The summed E-state index contributed by atoms with van der Waals surface area (Å²) in [5.41, 5.74) is 2.13. The number of carboxylic acid groups (broad SMARTS) is 1. The highest BCUT2D eigenvalue weighted by atomic mass is 32.2. The largest absolute Gasteiger partial charge is 0.490 e. The van der Waals surface area contributed by atoms with Gasteiger partial charge in [-0.1, -0.05) is 12.8 Å². The SMILES string of the molecule is CC(=O)Nc1ccc(S(=O)(=O)Nc2cc(C(=O)N3CCCCCC3)ccc2N2CCNCC2)cc1.O=C(O)C(F)(F)F. The summed E-state index contributed by atoms with van der Waals surface area (Å²) in [5, 5.41) is 13.1. The highest BCUT2D eigenvalue weighted by Gasteiger charge is 2.38. The van der Waals surface area contributed by atoms with E-state index in [1.807, 2.05) is 11.0 Å². The second kappa shape index (κ2) is 14.4. The Labute approximate surface area is 242 Å². The molecule has 4 N–H and O–H groups in total. The number of nitrogens with one attached hydrogen (secondary N) is 3. The van der Waals surface area contributed by atoms with Crippen molar-refractivity contribution in [2.45, 2.75) is 43.7 Å². The molecule has 0 aromatic heterocycles. The Bertz CT molecular complexity index is 1360. The van der Waals surface area contributed by atoms with Gasteiger partial charge in [0.05, 0.1) is 16.3 Å². The summed E-state index contributed by atoms with van der Waals surface area (Å²) in [6.07, 6.45) is -0.869. The number of carbonyl (C=O) groups is 3. The molecule has 2 aromatic rings. The molecule has 0 spiro atoms. The van der Waals surface area contributed by atoms with Crippen molar-refractivity contribution in [1.82, 2.24) is 10.2 Å². The number of halogens is 3. The number of benzene rings is 2. The topological polar surface area (TPSA) is 148 Å². The van der Waals surface area contributed by atoms with Crippen molar-refractivity contribution < 1.29 is 41.1 Å². The first kappa shape index (κ1) is 32.7. The monoisotopic (exact) mass is 613 g/mol.